The highest BCUT2D eigenvalue weighted by atomic mass is 32.1. The van der Waals surface area contributed by atoms with Gasteiger partial charge in [-0.05, 0) is 24.3 Å². The molecule has 0 unspecified atom stereocenters. The van der Waals surface area contributed by atoms with Crippen molar-refractivity contribution in [2.24, 2.45) is 5.84 Å². The van der Waals surface area contributed by atoms with Crippen LogP contribution in [-0.2, 0) is 6.61 Å². The number of alkyl halides is 3. The molecule has 0 atom stereocenters. The van der Waals surface area contributed by atoms with Crippen LogP contribution in [0, 0.1) is 0 Å². The van der Waals surface area contributed by atoms with E-state index in [0.29, 0.717) is 15.9 Å². The van der Waals surface area contributed by atoms with Crippen LogP contribution < -0.4 is 20.7 Å². The van der Waals surface area contributed by atoms with Gasteiger partial charge < -0.3 is 9.47 Å². The zero-order chi connectivity index (χ0) is 14.6. The number of ether oxygens (including phenoxy) is 2. The van der Waals surface area contributed by atoms with Crippen LogP contribution in [0.1, 0.15) is 5.01 Å². The molecule has 108 valence electrons. The third-order valence-electron chi connectivity index (χ3n) is 2.01. The number of hydrogen-bond donors (Lipinski definition) is 2. The molecule has 0 aliphatic carbocycles. The first-order valence-corrected chi connectivity index (χ1v) is 6.05. The Morgan fingerprint density at radius 1 is 1.15 bits per heavy atom. The second-order valence-electron chi connectivity index (χ2n) is 3.45. The van der Waals surface area contributed by atoms with Crippen molar-refractivity contribution in [2.75, 3.05) is 5.43 Å². The maximum atomic E-state index is 12.0. The molecule has 0 aliphatic heterocycles. The molecule has 6 nitrogen and oxygen atoms in total. The van der Waals surface area contributed by atoms with Gasteiger partial charge in [-0.2, -0.15) is 0 Å². The molecule has 2 aromatic rings. The Morgan fingerprint density at radius 3 is 2.35 bits per heavy atom. The van der Waals surface area contributed by atoms with E-state index in [9.17, 15) is 13.2 Å². The molecule has 0 radical (unpaired) electrons. The SMILES string of the molecule is NNc1nnc(COc2ccc(OC(F)(F)F)cc2)s1. The zero-order valence-corrected chi connectivity index (χ0v) is 10.7. The molecule has 0 aliphatic rings. The highest BCUT2D eigenvalue weighted by molar-refractivity contribution is 7.15. The van der Waals surface area contributed by atoms with E-state index >= 15 is 0 Å². The summed E-state index contributed by atoms with van der Waals surface area (Å²) in [5.41, 5.74) is 2.34. The lowest BCUT2D eigenvalue weighted by Gasteiger charge is -2.09. The quantitative estimate of drug-likeness (QED) is 0.651. The number of nitrogen functional groups attached to an aromatic ring is 1. The normalized spacial score (nSPS) is 11.2. The molecule has 0 bridgehead atoms. The van der Waals surface area contributed by atoms with Gasteiger partial charge in [-0.3, -0.25) is 5.43 Å². The first-order chi connectivity index (χ1) is 9.46. The number of nitrogens with zero attached hydrogens (tertiary/aromatic N) is 2. The Labute approximate surface area is 115 Å². The van der Waals surface area contributed by atoms with Crippen LogP contribution >= 0.6 is 11.3 Å². The van der Waals surface area contributed by atoms with Crippen LogP contribution in [0.25, 0.3) is 0 Å². The van der Waals surface area contributed by atoms with E-state index in [1.54, 1.807) is 0 Å². The van der Waals surface area contributed by atoms with E-state index in [0.717, 1.165) is 12.1 Å². The molecule has 3 N–H and O–H groups in total. The molecule has 0 spiro atoms. The molecule has 1 heterocycles. The van der Waals surface area contributed by atoms with Crippen LogP contribution in [0.3, 0.4) is 0 Å². The summed E-state index contributed by atoms with van der Waals surface area (Å²) in [5.74, 6) is 5.23. The van der Waals surface area contributed by atoms with Crippen LogP contribution in [0.15, 0.2) is 24.3 Å². The largest absolute Gasteiger partial charge is 0.573 e. The average molecular weight is 306 g/mol. The minimum Gasteiger partial charge on any atom is -0.486 e. The summed E-state index contributed by atoms with van der Waals surface area (Å²) >= 11 is 1.21. The van der Waals surface area contributed by atoms with Crippen molar-refractivity contribution >= 4 is 16.5 Å². The second kappa shape index (κ2) is 5.92. The van der Waals surface area contributed by atoms with Gasteiger partial charge in [0.2, 0.25) is 5.13 Å². The van der Waals surface area contributed by atoms with Crippen molar-refractivity contribution in [1.29, 1.82) is 0 Å². The third kappa shape index (κ3) is 4.24. The lowest BCUT2D eigenvalue weighted by Crippen LogP contribution is -2.16. The summed E-state index contributed by atoms with van der Waals surface area (Å²) in [4.78, 5) is 0. The van der Waals surface area contributed by atoms with E-state index in [-0.39, 0.29) is 12.4 Å². The molecular formula is C10H9F3N4O2S. The standard InChI is InChI=1S/C10H9F3N4O2S/c11-10(12,13)19-7-3-1-6(2-4-7)18-5-8-16-17-9(15-14)20-8/h1-4H,5,14H2,(H,15,17). The number of aromatic nitrogens is 2. The minimum atomic E-state index is -4.71. The van der Waals surface area contributed by atoms with E-state index in [4.69, 9.17) is 10.6 Å². The molecular weight excluding hydrogens is 297 g/mol. The third-order valence-corrected chi connectivity index (χ3v) is 2.84. The molecule has 0 saturated heterocycles. The summed E-state index contributed by atoms with van der Waals surface area (Å²) in [6, 6.07) is 5.06. The summed E-state index contributed by atoms with van der Waals surface area (Å²) in [6.45, 7) is 0.138. The Morgan fingerprint density at radius 2 is 1.80 bits per heavy atom. The topological polar surface area (TPSA) is 82.3 Å². The predicted octanol–water partition coefficient (Wildman–Crippen LogP) is 2.30. The number of hydrazine groups is 1. The van der Waals surface area contributed by atoms with Crippen LogP contribution in [0.4, 0.5) is 18.3 Å². The van der Waals surface area contributed by atoms with Gasteiger partial charge in [-0.15, -0.1) is 23.4 Å². The minimum absolute atomic E-state index is 0.138. The molecule has 20 heavy (non-hydrogen) atoms. The smallest absolute Gasteiger partial charge is 0.486 e. The van der Waals surface area contributed by atoms with Gasteiger partial charge in [-0.25, -0.2) is 5.84 Å². The Bertz CT molecular complexity index is 558. The number of nitrogens with one attached hydrogen (secondary N) is 1. The van der Waals surface area contributed by atoms with Gasteiger partial charge in [0.25, 0.3) is 0 Å². The number of rotatable bonds is 5. The summed E-state index contributed by atoms with van der Waals surface area (Å²) in [7, 11) is 0. The van der Waals surface area contributed by atoms with Gasteiger partial charge in [0.15, 0.2) is 5.01 Å². The van der Waals surface area contributed by atoms with Crippen molar-refractivity contribution in [2.45, 2.75) is 13.0 Å². The highest BCUT2D eigenvalue weighted by Crippen LogP contribution is 2.25. The van der Waals surface area contributed by atoms with Gasteiger partial charge >= 0.3 is 6.36 Å². The van der Waals surface area contributed by atoms with Crippen molar-refractivity contribution in [3.63, 3.8) is 0 Å². The van der Waals surface area contributed by atoms with Crippen LogP contribution in [0.5, 0.6) is 11.5 Å². The van der Waals surface area contributed by atoms with Gasteiger partial charge in [0.1, 0.15) is 18.1 Å². The second-order valence-corrected chi connectivity index (χ2v) is 4.52. The van der Waals surface area contributed by atoms with Gasteiger partial charge in [0.05, 0.1) is 0 Å². The lowest BCUT2D eigenvalue weighted by molar-refractivity contribution is -0.274. The zero-order valence-electron chi connectivity index (χ0n) is 9.85. The summed E-state index contributed by atoms with van der Waals surface area (Å²) < 4.78 is 45.0. The summed E-state index contributed by atoms with van der Waals surface area (Å²) in [6.07, 6.45) is -4.71. The number of halogens is 3. The first kappa shape index (κ1) is 14.3. The van der Waals surface area contributed by atoms with Crippen molar-refractivity contribution in [1.82, 2.24) is 10.2 Å². The van der Waals surface area contributed by atoms with Crippen molar-refractivity contribution < 1.29 is 22.6 Å². The van der Waals surface area contributed by atoms with E-state index in [2.05, 4.69) is 20.4 Å². The fourth-order valence-electron chi connectivity index (χ4n) is 1.25. The van der Waals surface area contributed by atoms with Crippen molar-refractivity contribution in [3.8, 4) is 11.5 Å². The van der Waals surface area contributed by atoms with E-state index in [1.165, 1.54) is 23.5 Å². The Kier molecular flexibility index (Phi) is 4.25. The summed E-state index contributed by atoms with van der Waals surface area (Å²) in [5, 5.41) is 8.52. The molecule has 0 amide bonds. The number of nitrogens with two attached hydrogens (primary N) is 1. The molecule has 0 saturated carbocycles. The number of anilines is 1. The fourth-order valence-corrected chi connectivity index (χ4v) is 1.82. The average Bonchev–Trinajstić information content (AvgIpc) is 2.84. The monoisotopic (exact) mass is 306 g/mol. The molecule has 2 rings (SSSR count). The fraction of sp³-hybridized carbons (Fsp3) is 0.200. The van der Waals surface area contributed by atoms with Gasteiger partial charge in [-0.1, -0.05) is 11.3 Å². The molecule has 1 aromatic heterocycles. The predicted molar refractivity (Wildman–Crippen MR) is 65.2 cm³/mol. The lowest BCUT2D eigenvalue weighted by atomic mass is 10.3. The maximum absolute atomic E-state index is 12.0. The van der Waals surface area contributed by atoms with Crippen molar-refractivity contribution in [3.05, 3.63) is 29.3 Å². The van der Waals surface area contributed by atoms with E-state index in [1.807, 2.05) is 0 Å². The molecule has 1 aromatic carbocycles. The highest BCUT2D eigenvalue weighted by Gasteiger charge is 2.30. The molecule has 0 fully saturated rings. The van der Waals surface area contributed by atoms with Crippen LogP contribution in [-0.4, -0.2) is 16.6 Å². The Hall–Kier alpha value is -2.07. The first-order valence-electron chi connectivity index (χ1n) is 5.24. The molecule has 10 heteroatoms. The number of benzene rings is 1. The van der Waals surface area contributed by atoms with E-state index < -0.39 is 6.36 Å². The Balaban J connectivity index is 1.90. The van der Waals surface area contributed by atoms with Crippen LogP contribution in [0.2, 0.25) is 0 Å². The maximum Gasteiger partial charge on any atom is 0.573 e. The van der Waals surface area contributed by atoms with Gasteiger partial charge in [0, 0.05) is 0 Å². The number of hydrogen-bond acceptors (Lipinski definition) is 7.